The van der Waals surface area contributed by atoms with E-state index in [1.807, 2.05) is 0 Å². The van der Waals surface area contributed by atoms with Crippen molar-refractivity contribution in [1.82, 2.24) is 5.32 Å². The average molecular weight is 255 g/mol. The molecule has 17 heavy (non-hydrogen) atoms. The lowest BCUT2D eigenvalue weighted by atomic mass is 10.3. The maximum Gasteiger partial charge on any atom is 0.223 e. The number of nitrogens with one attached hydrogen (secondary N) is 1. The zero-order valence-corrected chi connectivity index (χ0v) is 10.2. The zero-order valence-electron chi connectivity index (χ0n) is 9.41. The number of rotatable bonds is 6. The van der Waals surface area contributed by atoms with E-state index >= 15 is 0 Å². The Morgan fingerprint density at radius 2 is 2.29 bits per heavy atom. The monoisotopic (exact) mass is 254 g/mol. The molecule has 0 aliphatic heterocycles. The first-order valence-electron chi connectivity index (χ1n) is 5.16. The minimum atomic E-state index is -0.129. The van der Waals surface area contributed by atoms with E-state index < -0.39 is 0 Å². The summed E-state index contributed by atoms with van der Waals surface area (Å²) in [5.74, 6) is 0.523. The Labute approximate surface area is 105 Å². The number of carbonyl (C=O) groups is 1. The SMILES string of the molecule is C=C(Cl)CNC(=O)CCOc1cccc(N)c1. The standard InChI is InChI=1S/C12H15ClN2O2/c1-9(13)8-15-12(16)5-6-17-11-4-2-3-10(14)7-11/h2-4,7H,1,5-6,8,14H2,(H,15,16). The smallest absolute Gasteiger partial charge is 0.223 e. The van der Waals surface area contributed by atoms with Gasteiger partial charge in [0.2, 0.25) is 5.91 Å². The van der Waals surface area contributed by atoms with Crippen molar-refractivity contribution >= 4 is 23.2 Å². The van der Waals surface area contributed by atoms with E-state index in [-0.39, 0.29) is 18.9 Å². The van der Waals surface area contributed by atoms with Crippen LogP contribution in [0.2, 0.25) is 0 Å². The van der Waals surface area contributed by atoms with Gasteiger partial charge in [0.15, 0.2) is 0 Å². The normalized spacial score (nSPS) is 9.71. The van der Waals surface area contributed by atoms with Gasteiger partial charge >= 0.3 is 0 Å². The molecular formula is C12H15ClN2O2. The van der Waals surface area contributed by atoms with Crippen LogP contribution in [-0.4, -0.2) is 19.1 Å². The van der Waals surface area contributed by atoms with Gasteiger partial charge in [-0.3, -0.25) is 4.79 Å². The summed E-state index contributed by atoms with van der Waals surface area (Å²) in [5.41, 5.74) is 6.22. The number of anilines is 1. The topological polar surface area (TPSA) is 64.3 Å². The van der Waals surface area contributed by atoms with Gasteiger partial charge in [-0.2, -0.15) is 0 Å². The fourth-order valence-corrected chi connectivity index (χ4v) is 1.22. The van der Waals surface area contributed by atoms with Crippen molar-refractivity contribution in [3.63, 3.8) is 0 Å². The Bertz CT molecular complexity index is 407. The number of nitrogens with two attached hydrogens (primary N) is 1. The van der Waals surface area contributed by atoms with Crippen LogP contribution in [0.4, 0.5) is 5.69 Å². The third kappa shape index (κ3) is 5.82. The number of hydrogen-bond acceptors (Lipinski definition) is 3. The number of nitrogen functional groups attached to an aromatic ring is 1. The molecule has 0 saturated carbocycles. The molecule has 0 heterocycles. The molecule has 1 aromatic rings. The predicted octanol–water partition coefficient (Wildman–Crippen LogP) is 1.91. The highest BCUT2D eigenvalue weighted by atomic mass is 35.5. The molecule has 0 aromatic heterocycles. The molecule has 1 aromatic carbocycles. The molecule has 1 amide bonds. The molecule has 0 aliphatic rings. The maximum atomic E-state index is 11.3. The molecule has 0 fully saturated rings. The summed E-state index contributed by atoms with van der Waals surface area (Å²) in [6.07, 6.45) is 0.263. The zero-order chi connectivity index (χ0) is 12.7. The highest BCUT2D eigenvalue weighted by molar-refractivity contribution is 6.29. The summed E-state index contributed by atoms with van der Waals surface area (Å²) < 4.78 is 5.37. The number of halogens is 1. The van der Waals surface area contributed by atoms with Crippen LogP contribution in [0.5, 0.6) is 5.75 Å². The molecule has 0 atom stereocenters. The minimum Gasteiger partial charge on any atom is -0.493 e. The summed E-state index contributed by atoms with van der Waals surface area (Å²) in [4.78, 5) is 11.3. The maximum absolute atomic E-state index is 11.3. The van der Waals surface area contributed by atoms with Crippen LogP contribution >= 0.6 is 11.6 Å². The van der Waals surface area contributed by atoms with Crippen molar-refractivity contribution in [3.8, 4) is 5.75 Å². The number of benzene rings is 1. The summed E-state index contributed by atoms with van der Waals surface area (Å²) in [5, 5.41) is 3.00. The Kier molecular flexibility index (Phi) is 5.36. The lowest BCUT2D eigenvalue weighted by Gasteiger charge is -2.07. The minimum absolute atomic E-state index is 0.129. The van der Waals surface area contributed by atoms with Crippen LogP contribution in [0.15, 0.2) is 35.9 Å². The highest BCUT2D eigenvalue weighted by Gasteiger charge is 2.02. The number of hydrogen-bond donors (Lipinski definition) is 2. The largest absolute Gasteiger partial charge is 0.493 e. The number of amides is 1. The second-order valence-electron chi connectivity index (χ2n) is 3.46. The summed E-state index contributed by atoms with van der Waals surface area (Å²) in [7, 11) is 0. The molecule has 0 bridgehead atoms. The lowest BCUT2D eigenvalue weighted by Crippen LogP contribution is -2.25. The molecule has 0 radical (unpaired) electrons. The van der Waals surface area contributed by atoms with E-state index in [2.05, 4.69) is 11.9 Å². The molecule has 5 heteroatoms. The van der Waals surface area contributed by atoms with E-state index in [1.165, 1.54) is 0 Å². The van der Waals surface area contributed by atoms with Gasteiger partial charge in [0, 0.05) is 16.8 Å². The Hall–Kier alpha value is -1.68. The summed E-state index contributed by atoms with van der Waals surface area (Å²) >= 11 is 5.51. The van der Waals surface area contributed by atoms with E-state index in [0.29, 0.717) is 23.1 Å². The second kappa shape index (κ2) is 6.81. The van der Waals surface area contributed by atoms with Crippen LogP contribution in [0.3, 0.4) is 0 Å². The number of ether oxygens (including phenoxy) is 1. The fourth-order valence-electron chi connectivity index (χ4n) is 1.15. The summed E-state index contributed by atoms with van der Waals surface area (Å²) in [6.45, 7) is 4.04. The molecule has 1 rings (SSSR count). The van der Waals surface area contributed by atoms with Crippen molar-refractivity contribution in [2.45, 2.75) is 6.42 Å². The van der Waals surface area contributed by atoms with Gasteiger partial charge in [-0.1, -0.05) is 24.2 Å². The van der Waals surface area contributed by atoms with E-state index in [1.54, 1.807) is 24.3 Å². The van der Waals surface area contributed by atoms with Crippen LogP contribution in [0.1, 0.15) is 6.42 Å². The van der Waals surface area contributed by atoms with Gasteiger partial charge in [-0.15, -0.1) is 0 Å². The second-order valence-corrected chi connectivity index (χ2v) is 4.00. The van der Waals surface area contributed by atoms with Gasteiger partial charge in [0.1, 0.15) is 5.75 Å². The van der Waals surface area contributed by atoms with Gasteiger partial charge < -0.3 is 15.8 Å². The molecule has 0 unspecified atom stereocenters. The van der Waals surface area contributed by atoms with E-state index in [0.717, 1.165) is 0 Å². The average Bonchev–Trinajstić information content (AvgIpc) is 2.26. The molecular weight excluding hydrogens is 240 g/mol. The Morgan fingerprint density at radius 3 is 2.94 bits per heavy atom. The Morgan fingerprint density at radius 1 is 1.53 bits per heavy atom. The first-order chi connectivity index (χ1) is 8.08. The van der Waals surface area contributed by atoms with Crippen molar-refractivity contribution in [2.75, 3.05) is 18.9 Å². The van der Waals surface area contributed by atoms with Gasteiger partial charge in [-0.05, 0) is 12.1 Å². The first-order valence-corrected chi connectivity index (χ1v) is 5.54. The quantitative estimate of drug-likeness (QED) is 0.762. The van der Waals surface area contributed by atoms with Gasteiger partial charge in [-0.25, -0.2) is 0 Å². The van der Waals surface area contributed by atoms with Crippen LogP contribution < -0.4 is 15.8 Å². The van der Waals surface area contributed by atoms with Crippen molar-refractivity contribution in [1.29, 1.82) is 0 Å². The van der Waals surface area contributed by atoms with E-state index in [9.17, 15) is 4.79 Å². The predicted molar refractivity (Wildman–Crippen MR) is 69.0 cm³/mol. The van der Waals surface area contributed by atoms with Crippen LogP contribution in [0.25, 0.3) is 0 Å². The van der Waals surface area contributed by atoms with Gasteiger partial charge in [0.25, 0.3) is 0 Å². The van der Waals surface area contributed by atoms with Crippen molar-refractivity contribution in [3.05, 3.63) is 35.9 Å². The molecule has 0 spiro atoms. The molecule has 0 saturated heterocycles. The first kappa shape index (κ1) is 13.4. The van der Waals surface area contributed by atoms with Crippen molar-refractivity contribution in [2.24, 2.45) is 0 Å². The van der Waals surface area contributed by atoms with Crippen molar-refractivity contribution < 1.29 is 9.53 Å². The number of carbonyl (C=O) groups excluding carboxylic acids is 1. The van der Waals surface area contributed by atoms with Crippen LogP contribution in [-0.2, 0) is 4.79 Å². The lowest BCUT2D eigenvalue weighted by molar-refractivity contribution is -0.121. The molecule has 0 aliphatic carbocycles. The molecule has 4 nitrogen and oxygen atoms in total. The fraction of sp³-hybridized carbons (Fsp3) is 0.250. The highest BCUT2D eigenvalue weighted by Crippen LogP contribution is 2.14. The molecule has 92 valence electrons. The summed E-state index contributed by atoms with van der Waals surface area (Å²) in [6, 6.07) is 7.06. The third-order valence-electron chi connectivity index (χ3n) is 1.93. The van der Waals surface area contributed by atoms with Gasteiger partial charge in [0.05, 0.1) is 19.6 Å². The van der Waals surface area contributed by atoms with Crippen LogP contribution in [0, 0.1) is 0 Å². The third-order valence-corrected chi connectivity index (χ3v) is 2.07. The van der Waals surface area contributed by atoms with E-state index in [4.69, 9.17) is 22.1 Å². The molecule has 3 N–H and O–H groups in total. The Balaban J connectivity index is 2.23.